The Balaban J connectivity index is 2.00. The van der Waals surface area contributed by atoms with Crippen LogP contribution in [0, 0.1) is 5.82 Å². The van der Waals surface area contributed by atoms with E-state index in [9.17, 15) is 9.18 Å². The van der Waals surface area contributed by atoms with E-state index < -0.39 is 5.82 Å². The first kappa shape index (κ1) is 13.1. The number of hydrogen-bond acceptors (Lipinski definition) is 2. The largest absolute Gasteiger partial charge is 0.398 e. The van der Waals surface area contributed by atoms with Crippen molar-refractivity contribution in [3.05, 3.63) is 57.8 Å². The van der Waals surface area contributed by atoms with E-state index in [4.69, 9.17) is 5.73 Å². The van der Waals surface area contributed by atoms with E-state index in [1.165, 1.54) is 12.1 Å². The number of nitrogens with two attached hydrogens (primary N) is 1. The average molecular weight is 335 g/mol. The van der Waals surface area contributed by atoms with Crippen molar-refractivity contribution in [2.75, 3.05) is 17.2 Å². The summed E-state index contributed by atoms with van der Waals surface area (Å²) in [4.78, 5) is 14.2. The van der Waals surface area contributed by atoms with Gasteiger partial charge in [-0.1, -0.05) is 22.0 Å². The lowest BCUT2D eigenvalue weighted by Gasteiger charge is -2.17. The SMILES string of the molecule is Nc1cccc2c1CCN2C(=O)c1cc(F)cc(Br)c1. The van der Waals surface area contributed by atoms with Crippen LogP contribution >= 0.6 is 15.9 Å². The van der Waals surface area contributed by atoms with Gasteiger partial charge in [-0.3, -0.25) is 4.79 Å². The van der Waals surface area contributed by atoms with E-state index in [0.717, 1.165) is 17.7 Å². The number of hydrogen-bond donors (Lipinski definition) is 1. The quantitative estimate of drug-likeness (QED) is 0.812. The van der Waals surface area contributed by atoms with E-state index in [1.807, 2.05) is 18.2 Å². The van der Waals surface area contributed by atoms with Crippen molar-refractivity contribution < 1.29 is 9.18 Å². The van der Waals surface area contributed by atoms with Crippen molar-refractivity contribution in [1.29, 1.82) is 0 Å². The van der Waals surface area contributed by atoms with Crippen LogP contribution in [0.25, 0.3) is 0 Å². The number of nitrogen functional groups attached to an aromatic ring is 1. The van der Waals surface area contributed by atoms with Crippen molar-refractivity contribution in [3.63, 3.8) is 0 Å². The molecule has 2 N–H and O–H groups in total. The van der Waals surface area contributed by atoms with Crippen molar-refractivity contribution in [2.24, 2.45) is 0 Å². The van der Waals surface area contributed by atoms with Crippen LogP contribution in [0.4, 0.5) is 15.8 Å². The molecule has 5 heteroatoms. The highest BCUT2D eigenvalue weighted by Crippen LogP contribution is 2.33. The van der Waals surface area contributed by atoms with Gasteiger partial charge in [-0.05, 0) is 36.8 Å². The highest BCUT2D eigenvalue weighted by Gasteiger charge is 2.27. The Kier molecular flexibility index (Phi) is 3.22. The lowest BCUT2D eigenvalue weighted by atomic mass is 10.1. The number of benzene rings is 2. The van der Waals surface area contributed by atoms with E-state index in [-0.39, 0.29) is 5.91 Å². The molecule has 0 spiro atoms. The van der Waals surface area contributed by atoms with Gasteiger partial charge in [0.15, 0.2) is 0 Å². The minimum atomic E-state index is -0.435. The van der Waals surface area contributed by atoms with E-state index in [2.05, 4.69) is 15.9 Å². The minimum Gasteiger partial charge on any atom is -0.398 e. The Bertz CT molecular complexity index is 682. The lowest BCUT2D eigenvalue weighted by Crippen LogP contribution is -2.28. The summed E-state index contributed by atoms with van der Waals surface area (Å²) in [6.45, 7) is 0.566. The fourth-order valence-corrected chi connectivity index (χ4v) is 2.97. The van der Waals surface area contributed by atoms with Crippen LogP contribution in [0.1, 0.15) is 15.9 Å². The second kappa shape index (κ2) is 4.90. The molecule has 0 bridgehead atoms. The van der Waals surface area contributed by atoms with Crippen molar-refractivity contribution in [2.45, 2.75) is 6.42 Å². The molecule has 0 saturated heterocycles. The number of halogens is 2. The van der Waals surface area contributed by atoms with Gasteiger partial charge in [0.05, 0.1) is 0 Å². The Morgan fingerprint density at radius 2 is 2.10 bits per heavy atom. The minimum absolute atomic E-state index is 0.213. The molecule has 3 nitrogen and oxygen atoms in total. The predicted octanol–water partition coefficient (Wildman–Crippen LogP) is 3.37. The number of anilines is 2. The molecule has 20 heavy (non-hydrogen) atoms. The molecule has 102 valence electrons. The number of rotatable bonds is 1. The first-order chi connectivity index (χ1) is 9.56. The fraction of sp³-hybridized carbons (Fsp3) is 0.133. The average Bonchev–Trinajstić information content (AvgIpc) is 2.82. The van der Waals surface area contributed by atoms with Crippen LogP contribution in [0.5, 0.6) is 0 Å². The molecule has 0 unspecified atom stereocenters. The second-order valence-electron chi connectivity index (χ2n) is 4.71. The van der Waals surface area contributed by atoms with Gasteiger partial charge in [-0.2, -0.15) is 0 Å². The van der Waals surface area contributed by atoms with Crippen molar-refractivity contribution in [3.8, 4) is 0 Å². The van der Waals surface area contributed by atoms with Crippen molar-refractivity contribution >= 4 is 33.2 Å². The number of amides is 1. The molecule has 3 rings (SSSR count). The molecular formula is C15H12BrFN2O. The van der Waals surface area contributed by atoms with Gasteiger partial charge in [-0.15, -0.1) is 0 Å². The van der Waals surface area contributed by atoms with Crippen LogP contribution in [-0.2, 0) is 6.42 Å². The number of nitrogens with zero attached hydrogens (tertiary/aromatic N) is 1. The first-order valence-electron chi connectivity index (χ1n) is 6.21. The third-order valence-electron chi connectivity index (χ3n) is 3.42. The van der Waals surface area contributed by atoms with Gasteiger partial charge in [-0.25, -0.2) is 4.39 Å². The highest BCUT2D eigenvalue weighted by molar-refractivity contribution is 9.10. The molecule has 0 fully saturated rings. The summed E-state index contributed by atoms with van der Waals surface area (Å²) >= 11 is 3.20. The van der Waals surface area contributed by atoms with Crippen LogP contribution in [0.3, 0.4) is 0 Å². The summed E-state index contributed by atoms with van der Waals surface area (Å²) in [5.41, 5.74) is 8.73. The summed E-state index contributed by atoms with van der Waals surface area (Å²) in [6, 6.07) is 9.71. The number of fused-ring (bicyclic) bond motifs is 1. The fourth-order valence-electron chi connectivity index (χ4n) is 2.51. The van der Waals surface area contributed by atoms with Crippen LogP contribution in [-0.4, -0.2) is 12.5 Å². The lowest BCUT2D eigenvalue weighted by molar-refractivity contribution is 0.0989. The summed E-state index contributed by atoms with van der Waals surface area (Å²) < 4.78 is 14.0. The Morgan fingerprint density at radius 1 is 1.30 bits per heavy atom. The monoisotopic (exact) mass is 334 g/mol. The topological polar surface area (TPSA) is 46.3 Å². The van der Waals surface area contributed by atoms with Gasteiger partial charge in [0.2, 0.25) is 0 Å². The van der Waals surface area contributed by atoms with E-state index in [1.54, 1.807) is 11.0 Å². The molecule has 0 radical (unpaired) electrons. The number of carbonyl (C=O) groups is 1. The predicted molar refractivity (Wildman–Crippen MR) is 80.3 cm³/mol. The molecular weight excluding hydrogens is 323 g/mol. The third-order valence-corrected chi connectivity index (χ3v) is 3.88. The molecule has 1 amide bonds. The number of carbonyl (C=O) groups excluding carboxylic acids is 1. The Morgan fingerprint density at radius 3 is 2.85 bits per heavy atom. The van der Waals surface area contributed by atoms with Crippen LogP contribution < -0.4 is 10.6 Å². The van der Waals surface area contributed by atoms with Gasteiger partial charge >= 0.3 is 0 Å². The molecule has 2 aromatic rings. The third kappa shape index (κ3) is 2.18. The molecule has 2 aromatic carbocycles. The summed E-state index contributed by atoms with van der Waals surface area (Å²) in [5, 5.41) is 0. The zero-order valence-corrected chi connectivity index (χ0v) is 12.2. The van der Waals surface area contributed by atoms with Crippen LogP contribution in [0.15, 0.2) is 40.9 Å². The molecule has 0 aliphatic carbocycles. The van der Waals surface area contributed by atoms with Gasteiger partial charge in [0.1, 0.15) is 5.82 Å². The van der Waals surface area contributed by atoms with E-state index >= 15 is 0 Å². The van der Waals surface area contributed by atoms with Crippen LogP contribution in [0.2, 0.25) is 0 Å². The smallest absolute Gasteiger partial charge is 0.258 e. The molecule has 1 aliphatic rings. The maximum absolute atomic E-state index is 13.4. The first-order valence-corrected chi connectivity index (χ1v) is 7.01. The second-order valence-corrected chi connectivity index (χ2v) is 5.63. The maximum Gasteiger partial charge on any atom is 0.258 e. The van der Waals surface area contributed by atoms with Gasteiger partial charge in [0.25, 0.3) is 5.91 Å². The van der Waals surface area contributed by atoms with Gasteiger partial charge in [0, 0.05) is 33.5 Å². The van der Waals surface area contributed by atoms with Crippen molar-refractivity contribution in [1.82, 2.24) is 0 Å². The summed E-state index contributed by atoms with van der Waals surface area (Å²) in [5.74, 6) is -0.649. The molecule has 0 atom stereocenters. The molecule has 0 aromatic heterocycles. The molecule has 0 saturated carbocycles. The summed E-state index contributed by atoms with van der Waals surface area (Å²) in [7, 11) is 0. The Hall–Kier alpha value is -1.88. The Labute approximate surface area is 124 Å². The van der Waals surface area contributed by atoms with E-state index in [0.29, 0.717) is 22.3 Å². The van der Waals surface area contributed by atoms with Gasteiger partial charge < -0.3 is 10.6 Å². The molecule has 1 heterocycles. The highest BCUT2D eigenvalue weighted by atomic mass is 79.9. The zero-order valence-electron chi connectivity index (χ0n) is 10.6. The normalized spacial score (nSPS) is 13.4. The zero-order chi connectivity index (χ0) is 14.3. The standard InChI is InChI=1S/C15H12BrFN2O/c16-10-6-9(7-11(17)8-10)15(20)19-5-4-12-13(18)2-1-3-14(12)19/h1-3,6-8H,4-5,18H2. The molecule has 1 aliphatic heterocycles. The summed E-state index contributed by atoms with van der Waals surface area (Å²) in [6.07, 6.45) is 0.726. The maximum atomic E-state index is 13.4.